The molecule has 1 aromatic carbocycles. The largest absolute Gasteiger partial charge is 0.433 e. The molecule has 0 aliphatic heterocycles. The Balaban J connectivity index is 1.99. The van der Waals surface area contributed by atoms with E-state index in [0.717, 1.165) is 38.8 Å². The Kier molecular flexibility index (Phi) is 6.10. The quantitative estimate of drug-likeness (QED) is 0.561. The smallest absolute Gasteiger partial charge is 0.287 e. The molecule has 3 rings (SSSR count). The summed E-state index contributed by atoms with van der Waals surface area (Å²) in [6.45, 7) is 2.20. The number of nitrogens with zero attached hydrogens (tertiary/aromatic N) is 2. The Bertz CT molecular complexity index is 937. The van der Waals surface area contributed by atoms with Crippen molar-refractivity contribution in [2.75, 3.05) is 0 Å². The highest BCUT2D eigenvalue weighted by Crippen LogP contribution is 2.40. The molecule has 3 nitrogen and oxygen atoms in total. The van der Waals surface area contributed by atoms with Crippen LogP contribution < -0.4 is 5.43 Å². The fourth-order valence-corrected chi connectivity index (χ4v) is 4.83. The zero-order valence-electron chi connectivity index (χ0n) is 15.3. The lowest BCUT2D eigenvalue weighted by atomic mass is 9.91. The number of aromatic nitrogens is 2. The summed E-state index contributed by atoms with van der Waals surface area (Å²) in [7, 11) is 1.07. The molecular weight excluding hydrogens is 416 g/mol. The molecular formula is C19H19ClF4N2OS. The van der Waals surface area contributed by atoms with Gasteiger partial charge in [-0.25, -0.2) is 4.39 Å². The Labute approximate surface area is 169 Å². The van der Waals surface area contributed by atoms with E-state index in [1.165, 1.54) is 17.8 Å². The van der Waals surface area contributed by atoms with Crippen LogP contribution in [0.1, 0.15) is 38.3 Å². The minimum atomic E-state index is -4.73. The van der Waals surface area contributed by atoms with Crippen molar-refractivity contribution < 1.29 is 17.6 Å². The maximum absolute atomic E-state index is 14.5. The summed E-state index contributed by atoms with van der Waals surface area (Å²) >= 11 is 7.69. The summed E-state index contributed by atoms with van der Waals surface area (Å²) < 4.78 is 53.9. The van der Waals surface area contributed by atoms with Crippen molar-refractivity contribution in [1.29, 1.82) is 0 Å². The van der Waals surface area contributed by atoms with E-state index in [9.17, 15) is 22.4 Å². The molecule has 0 radical (unpaired) electrons. The first-order valence-corrected chi connectivity index (χ1v) is 10.1. The summed E-state index contributed by atoms with van der Waals surface area (Å²) in [6.07, 6.45) is -0.504. The molecule has 28 heavy (non-hydrogen) atoms. The molecule has 0 unspecified atom stereocenters. The third-order valence-corrected chi connectivity index (χ3v) is 6.74. The SMILES string of the molecule is CC1CCC(Sc2cc(-c3nn(C)c(C(F)(F)F)cc3=O)c(F)cc2Cl)CC1. The van der Waals surface area contributed by atoms with Gasteiger partial charge in [0.2, 0.25) is 5.43 Å². The molecule has 1 fully saturated rings. The van der Waals surface area contributed by atoms with E-state index < -0.39 is 23.1 Å². The maximum Gasteiger partial charge on any atom is 0.433 e. The number of hydrogen-bond acceptors (Lipinski definition) is 3. The van der Waals surface area contributed by atoms with Gasteiger partial charge in [0.05, 0.1) is 5.02 Å². The molecule has 0 N–H and O–H groups in total. The van der Waals surface area contributed by atoms with Gasteiger partial charge in [0.15, 0.2) is 0 Å². The van der Waals surface area contributed by atoms with Crippen LogP contribution >= 0.6 is 23.4 Å². The standard InChI is InChI=1S/C19H19ClF4N2OS/c1-10-3-5-11(6-4-10)28-16-7-12(14(21)8-13(16)20)18-15(27)9-17(19(22,23)24)26(2)25-18/h7-11H,3-6H2,1-2H3. The van der Waals surface area contributed by atoms with Crippen LogP contribution in [-0.2, 0) is 13.2 Å². The average Bonchev–Trinajstić information content (AvgIpc) is 2.60. The van der Waals surface area contributed by atoms with Crippen molar-refractivity contribution in [3.8, 4) is 11.3 Å². The number of aryl methyl sites for hydroxylation is 1. The highest BCUT2D eigenvalue weighted by molar-refractivity contribution is 8.00. The van der Waals surface area contributed by atoms with Gasteiger partial charge in [0.25, 0.3) is 0 Å². The average molecular weight is 435 g/mol. The number of rotatable bonds is 3. The zero-order chi connectivity index (χ0) is 20.6. The summed E-state index contributed by atoms with van der Waals surface area (Å²) in [5.74, 6) is -0.119. The predicted octanol–water partition coefficient (Wildman–Crippen LogP) is 5.93. The molecule has 1 aliphatic rings. The fraction of sp³-hybridized carbons (Fsp3) is 0.474. The molecule has 9 heteroatoms. The van der Waals surface area contributed by atoms with Crippen LogP contribution in [0.4, 0.5) is 17.6 Å². The number of alkyl halides is 3. The predicted molar refractivity (Wildman–Crippen MR) is 102 cm³/mol. The van der Waals surface area contributed by atoms with Crippen LogP contribution in [0.5, 0.6) is 0 Å². The third kappa shape index (κ3) is 4.54. The number of benzene rings is 1. The van der Waals surface area contributed by atoms with Crippen molar-refractivity contribution in [3.05, 3.63) is 45.0 Å². The van der Waals surface area contributed by atoms with Crippen LogP contribution in [0.25, 0.3) is 11.3 Å². The van der Waals surface area contributed by atoms with E-state index >= 15 is 0 Å². The second-order valence-electron chi connectivity index (χ2n) is 7.13. The lowest BCUT2D eigenvalue weighted by Gasteiger charge is -2.26. The van der Waals surface area contributed by atoms with Crippen molar-refractivity contribution in [3.63, 3.8) is 0 Å². The monoisotopic (exact) mass is 434 g/mol. The van der Waals surface area contributed by atoms with Crippen LogP contribution in [-0.4, -0.2) is 15.0 Å². The number of halogens is 5. The molecule has 1 aromatic heterocycles. The van der Waals surface area contributed by atoms with Gasteiger partial charge in [0, 0.05) is 28.8 Å². The van der Waals surface area contributed by atoms with Crippen molar-refractivity contribution in [2.24, 2.45) is 13.0 Å². The molecule has 1 aliphatic carbocycles. The fourth-order valence-electron chi connectivity index (χ4n) is 3.32. The van der Waals surface area contributed by atoms with Gasteiger partial charge in [-0.3, -0.25) is 9.48 Å². The zero-order valence-corrected chi connectivity index (χ0v) is 16.9. The molecule has 0 atom stereocenters. The topological polar surface area (TPSA) is 34.9 Å². The van der Waals surface area contributed by atoms with E-state index in [1.807, 2.05) is 0 Å². The highest BCUT2D eigenvalue weighted by atomic mass is 35.5. The first-order valence-electron chi connectivity index (χ1n) is 8.88. The summed E-state index contributed by atoms with van der Waals surface area (Å²) in [6, 6.07) is 2.94. The second-order valence-corrected chi connectivity index (χ2v) is 8.88. The highest BCUT2D eigenvalue weighted by Gasteiger charge is 2.35. The van der Waals surface area contributed by atoms with Crippen LogP contribution in [0.15, 0.2) is 27.9 Å². The Morgan fingerprint density at radius 2 is 1.82 bits per heavy atom. The molecule has 1 heterocycles. The van der Waals surface area contributed by atoms with Crippen LogP contribution in [0.3, 0.4) is 0 Å². The normalized spacial score (nSPS) is 20.4. The van der Waals surface area contributed by atoms with E-state index in [2.05, 4.69) is 12.0 Å². The number of thioether (sulfide) groups is 1. The molecule has 2 aromatic rings. The molecule has 0 amide bonds. The first kappa shape index (κ1) is 21.2. The van der Waals surface area contributed by atoms with Gasteiger partial charge in [-0.15, -0.1) is 11.8 Å². The minimum absolute atomic E-state index is 0.148. The molecule has 1 saturated carbocycles. The van der Waals surface area contributed by atoms with Gasteiger partial charge in [0.1, 0.15) is 17.2 Å². The Morgan fingerprint density at radius 1 is 1.18 bits per heavy atom. The van der Waals surface area contributed by atoms with Gasteiger partial charge >= 0.3 is 6.18 Å². The van der Waals surface area contributed by atoms with E-state index in [0.29, 0.717) is 26.8 Å². The summed E-state index contributed by atoms with van der Waals surface area (Å²) in [5.41, 5.74) is -2.70. The van der Waals surface area contributed by atoms with E-state index in [4.69, 9.17) is 11.6 Å². The molecule has 0 bridgehead atoms. The molecule has 152 valence electrons. The third-order valence-electron chi connectivity index (χ3n) is 4.92. The summed E-state index contributed by atoms with van der Waals surface area (Å²) in [4.78, 5) is 12.8. The van der Waals surface area contributed by atoms with Gasteiger partial charge in [-0.1, -0.05) is 18.5 Å². The van der Waals surface area contributed by atoms with E-state index in [1.54, 1.807) is 0 Å². The van der Waals surface area contributed by atoms with Crippen molar-refractivity contribution in [2.45, 2.75) is 48.9 Å². The maximum atomic E-state index is 14.5. The van der Waals surface area contributed by atoms with E-state index in [-0.39, 0.29) is 16.3 Å². The summed E-state index contributed by atoms with van der Waals surface area (Å²) in [5, 5.41) is 4.23. The number of hydrogen-bond donors (Lipinski definition) is 0. The minimum Gasteiger partial charge on any atom is -0.287 e. The lowest BCUT2D eigenvalue weighted by molar-refractivity contribution is -0.144. The second kappa shape index (κ2) is 8.06. The van der Waals surface area contributed by atoms with Crippen molar-refractivity contribution >= 4 is 23.4 Å². The van der Waals surface area contributed by atoms with Crippen LogP contribution in [0.2, 0.25) is 5.02 Å². The van der Waals surface area contributed by atoms with Gasteiger partial charge < -0.3 is 0 Å². The lowest BCUT2D eigenvalue weighted by Crippen LogP contribution is -2.23. The first-order chi connectivity index (χ1) is 13.1. The Hall–Kier alpha value is -1.54. The Morgan fingerprint density at radius 3 is 2.43 bits per heavy atom. The van der Waals surface area contributed by atoms with Crippen molar-refractivity contribution in [1.82, 2.24) is 9.78 Å². The van der Waals surface area contributed by atoms with Gasteiger partial charge in [-0.2, -0.15) is 18.3 Å². The molecule has 0 saturated heterocycles. The molecule has 0 spiro atoms. The van der Waals surface area contributed by atoms with Gasteiger partial charge in [-0.05, 0) is 43.7 Å². The van der Waals surface area contributed by atoms with Crippen LogP contribution in [0, 0.1) is 11.7 Å².